The lowest BCUT2D eigenvalue weighted by Gasteiger charge is -2.19. The first-order valence-electron chi connectivity index (χ1n) is 23.2. The Morgan fingerprint density at radius 2 is 0.833 bits per heavy atom. The predicted octanol–water partition coefficient (Wildman–Crippen LogP) is 14.7. The number of amides is 1. The molecule has 0 heterocycles. The molecule has 0 aromatic rings. The quantitative estimate of drug-likeness (QED) is 0.0430. The van der Waals surface area contributed by atoms with Gasteiger partial charge in [0.2, 0.25) is 5.91 Å². The zero-order valence-corrected chi connectivity index (χ0v) is 35.7. The Morgan fingerprint density at radius 1 is 0.463 bits per heavy atom. The topological polar surface area (TPSA) is 69.6 Å². The highest BCUT2D eigenvalue weighted by Gasteiger charge is 2.17. The standard InChI is InChI=1S/C50H89NO3/c1-3-5-7-9-11-13-15-16-17-18-19-20-21-22-23-24-25-26-27-28-29-30-31-32-33-34-36-38-40-42-44-46-50(54)51-48(47-52)49(53)45-43-41-39-37-35-14-12-10-8-6-4-2/h5,7,11,13,16-17,19-20,35,37,43,45,48-49,52-53H,3-4,6,8-10,12,14-15,18,21-34,36,38-42,44,46-47H2,1-2H3,(H,51,54)/b7-5-,13-11-,17-16-,20-19-,37-35+,45-43+. The summed E-state index contributed by atoms with van der Waals surface area (Å²) in [5.74, 6) is -0.0763. The van der Waals surface area contributed by atoms with Crippen LogP contribution in [-0.4, -0.2) is 34.9 Å². The molecule has 0 radical (unpaired) electrons. The number of allylic oxidation sites excluding steroid dienone is 11. The SMILES string of the molecule is CC/C=C\C/C=C\C/C=C\C/C=C\CCCCCCCCCCCCCCCCCCCCC(=O)NC(CO)C(O)/C=C/CC/C=C/CCCCCCC. The van der Waals surface area contributed by atoms with E-state index < -0.39 is 12.1 Å². The summed E-state index contributed by atoms with van der Waals surface area (Å²) in [6.07, 6.45) is 64.6. The third kappa shape index (κ3) is 41.0. The number of carbonyl (C=O) groups excluding carboxylic acids is 1. The highest BCUT2D eigenvalue weighted by atomic mass is 16.3. The van der Waals surface area contributed by atoms with Gasteiger partial charge in [-0.05, 0) is 70.6 Å². The van der Waals surface area contributed by atoms with Gasteiger partial charge in [0.1, 0.15) is 0 Å². The number of hydrogen-bond donors (Lipinski definition) is 3. The molecule has 0 fully saturated rings. The fourth-order valence-electron chi connectivity index (χ4n) is 6.66. The average Bonchev–Trinajstić information content (AvgIpc) is 3.18. The van der Waals surface area contributed by atoms with Crippen LogP contribution < -0.4 is 5.32 Å². The molecule has 0 aliphatic carbocycles. The molecule has 0 saturated carbocycles. The Morgan fingerprint density at radius 3 is 1.30 bits per heavy atom. The molecule has 4 nitrogen and oxygen atoms in total. The normalized spacial score (nSPS) is 13.6. The fraction of sp³-hybridized carbons (Fsp3) is 0.740. The van der Waals surface area contributed by atoms with Gasteiger partial charge in [0.25, 0.3) is 0 Å². The second-order valence-corrected chi connectivity index (χ2v) is 15.4. The van der Waals surface area contributed by atoms with Crippen LogP contribution in [-0.2, 0) is 4.79 Å². The zero-order valence-electron chi connectivity index (χ0n) is 35.7. The molecule has 0 aliphatic heterocycles. The van der Waals surface area contributed by atoms with Crippen LogP contribution in [0.25, 0.3) is 0 Å². The summed E-state index contributed by atoms with van der Waals surface area (Å²) >= 11 is 0. The van der Waals surface area contributed by atoms with Crippen LogP contribution in [0.4, 0.5) is 0 Å². The lowest BCUT2D eigenvalue weighted by atomic mass is 10.0. The Labute approximate surface area is 336 Å². The van der Waals surface area contributed by atoms with Crippen LogP contribution >= 0.6 is 0 Å². The van der Waals surface area contributed by atoms with E-state index in [-0.39, 0.29) is 12.5 Å². The second-order valence-electron chi connectivity index (χ2n) is 15.4. The summed E-state index contributed by atoms with van der Waals surface area (Å²) in [5.41, 5.74) is 0. The Bertz CT molecular complexity index is 946. The van der Waals surface area contributed by atoms with Crippen molar-refractivity contribution in [2.45, 2.75) is 231 Å². The van der Waals surface area contributed by atoms with Gasteiger partial charge < -0.3 is 15.5 Å². The molecule has 2 unspecified atom stereocenters. The molecule has 0 aliphatic rings. The summed E-state index contributed by atoms with van der Waals surface area (Å²) in [4.78, 5) is 12.4. The molecule has 0 aromatic carbocycles. The van der Waals surface area contributed by atoms with E-state index in [0.29, 0.717) is 6.42 Å². The van der Waals surface area contributed by atoms with Crippen LogP contribution in [0.5, 0.6) is 0 Å². The van der Waals surface area contributed by atoms with Gasteiger partial charge in [-0.3, -0.25) is 4.79 Å². The minimum absolute atomic E-state index is 0.0763. The van der Waals surface area contributed by atoms with Gasteiger partial charge in [0, 0.05) is 6.42 Å². The first kappa shape index (κ1) is 51.8. The van der Waals surface area contributed by atoms with Crippen molar-refractivity contribution in [2.75, 3.05) is 6.61 Å². The van der Waals surface area contributed by atoms with Crippen molar-refractivity contribution in [2.24, 2.45) is 0 Å². The highest BCUT2D eigenvalue weighted by Crippen LogP contribution is 2.15. The monoisotopic (exact) mass is 752 g/mol. The van der Waals surface area contributed by atoms with E-state index >= 15 is 0 Å². The number of carbonyl (C=O) groups is 1. The van der Waals surface area contributed by atoms with Crippen LogP contribution in [0.15, 0.2) is 72.9 Å². The molecule has 0 aromatic heterocycles. The third-order valence-electron chi connectivity index (χ3n) is 10.2. The Kier molecular flexibility index (Phi) is 43.4. The van der Waals surface area contributed by atoms with E-state index in [0.717, 1.165) is 57.8 Å². The first-order valence-corrected chi connectivity index (χ1v) is 23.2. The van der Waals surface area contributed by atoms with Gasteiger partial charge in [-0.15, -0.1) is 0 Å². The predicted molar refractivity (Wildman–Crippen MR) is 239 cm³/mol. The summed E-state index contributed by atoms with van der Waals surface area (Å²) in [7, 11) is 0. The molecular formula is C50H89NO3. The van der Waals surface area contributed by atoms with Crippen LogP contribution in [0.2, 0.25) is 0 Å². The maximum Gasteiger partial charge on any atom is 0.220 e. The van der Waals surface area contributed by atoms with Crippen molar-refractivity contribution in [3.8, 4) is 0 Å². The van der Waals surface area contributed by atoms with E-state index in [1.165, 1.54) is 141 Å². The molecule has 0 spiro atoms. The van der Waals surface area contributed by atoms with Gasteiger partial charge in [-0.2, -0.15) is 0 Å². The molecule has 1 amide bonds. The van der Waals surface area contributed by atoms with Gasteiger partial charge in [-0.1, -0.05) is 215 Å². The fourth-order valence-corrected chi connectivity index (χ4v) is 6.66. The minimum atomic E-state index is -0.861. The van der Waals surface area contributed by atoms with Crippen LogP contribution in [0.1, 0.15) is 219 Å². The maximum absolute atomic E-state index is 12.4. The number of hydrogen-bond acceptors (Lipinski definition) is 3. The average molecular weight is 752 g/mol. The highest BCUT2D eigenvalue weighted by molar-refractivity contribution is 5.76. The summed E-state index contributed by atoms with van der Waals surface area (Å²) in [5, 5.41) is 22.9. The van der Waals surface area contributed by atoms with Crippen molar-refractivity contribution in [1.29, 1.82) is 0 Å². The molecule has 2 atom stereocenters. The van der Waals surface area contributed by atoms with Gasteiger partial charge >= 0.3 is 0 Å². The minimum Gasteiger partial charge on any atom is -0.394 e. The molecule has 3 N–H and O–H groups in total. The molecule has 312 valence electrons. The molecule has 0 rings (SSSR count). The number of nitrogens with one attached hydrogen (secondary N) is 1. The van der Waals surface area contributed by atoms with Gasteiger partial charge in [0.15, 0.2) is 0 Å². The van der Waals surface area contributed by atoms with E-state index in [9.17, 15) is 15.0 Å². The number of rotatable bonds is 41. The summed E-state index contributed by atoms with van der Waals surface area (Å²) < 4.78 is 0. The van der Waals surface area contributed by atoms with E-state index in [2.05, 4.69) is 79.9 Å². The smallest absolute Gasteiger partial charge is 0.220 e. The molecule has 4 heteroatoms. The second kappa shape index (κ2) is 45.2. The number of aliphatic hydroxyl groups excluding tert-OH is 2. The first-order chi connectivity index (χ1) is 26.7. The third-order valence-corrected chi connectivity index (χ3v) is 10.2. The molecule has 0 saturated heterocycles. The van der Waals surface area contributed by atoms with Crippen LogP contribution in [0.3, 0.4) is 0 Å². The molecular weight excluding hydrogens is 663 g/mol. The van der Waals surface area contributed by atoms with Crippen molar-refractivity contribution in [3.63, 3.8) is 0 Å². The lowest BCUT2D eigenvalue weighted by molar-refractivity contribution is -0.123. The van der Waals surface area contributed by atoms with Gasteiger partial charge in [0.05, 0.1) is 18.8 Å². The molecule has 0 bridgehead atoms. The van der Waals surface area contributed by atoms with Gasteiger partial charge in [-0.25, -0.2) is 0 Å². The van der Waals surface area contributed by atoms with Crippen LogP contribution in [0, 0.1) is 0 Å². The Hall–Kier alpha value is -2.17. The van der Waals surface area contributed by atoms with E-state index in [1.807, 2.05) is 6.08 Å². The molecule has 54 heavy (non-hydrogen) atoms. The number of unbranched alkanes of at least 4 members (excludes halogenated alkanes) is 24. The van der Waals surface area contributed by atoms with Crippen molar-refractivity contribution >= 4 is 5.91 Å². The van der Waals surface area contributed by atoms with E-state index in [1.54, 1.807) is 6.08 Å². The Balaban J connectivity index is 3.49. The van der Waals surface area contributed by atoms with Crippen molar-refractivity contribution in [3.05, 3.63) is 72.9 Å². The summed E-state index contributed by atoms with van der Waals surface area (Å²) in [6, 6.07) is -0.638. The lowest BCUT2D eigenvalue weighted by Crippen LogP contribution is -2.45. The van der Waals surface area contributed by atoms with Crippen molar-refractivity contribution in [1.82, 2.24) is 5.32 Å². The zero-order chi connectivity index (χ0) is 39.3. The number of aliphatic hydroxyl groups is 2. The summed E-state index contributed by atoms with van der Waals surface area (Å²) in [6.45, 7) is 4.15. The van der Waals surface area contributed by atoms with E-state index in [4.69, 9.17) is 0 Å². The maximum atomic E-state index is 12.4. The van der Waals surface area contributed by atoms with Crippen molar-refractivity contribution < 1.29 is 15.0 Å². The largest absolute Gasteiger partial charge is 0.394 e.